The van der Waals surface area contributed by atoms with Crippen LogP contribution in [0, 0.1) is 0 Å². The largest absolute Gasteiger partial charge is 0.393 e. The molecule has 7 heteroatoms. The van der Waals surface area contributed by atoms with E-state index in [1.807, 2.05) is 18.2 Å². The van der Waals surface area contributed by atoms with Gasteiger partial charge >= 0.3 is 0 Å². The van der Waals surface area contributed by atoms with E-state index in [0.29, 0.717) is 22.6 Å². The molecule has 0 saturated carbocycles. The van der Waals surface area contributed by atoms with E-state index < -0.39 is 0 Å². The molecule has 0 spiro atoms. The van der Waals surface area contributed by atoms with E-state index in [4.69, 9.17) is 9.94 Å². The highest BCUT2D eigenvalue weighted by molar-refractivity contribution is 6.54. The first-order valence-electron chi connectivity index (χ1n) is 7.08. The number of carbonyl (C=O) groups excluding carboxylic acids is 1. The number of imidazole rings is 1. The first-order chi connectivity index (χ1) is 11.3. The van der Waals surface area contributed by atoms with E-state index in [2.05, 4.69) is 15.1 Å². The quantitative estimate of drug-likeness (QED) is 0.582. The van der Waals surface area contributed by atoms with Gasteiger partial charge in [0, 0.05) is 29.7 Å². The maximum atomic E-state index is 12.9. The van der Waals surface area contributed by atoms with E-state index >= 15 is 0 Å². The SMILES string of the molecule is O=C1/C(=N\OCCO)c2cnccc2-c2nc3ccccn3c21. The number of fused-ring (bicyclic) bond motifs is 5. The number of rotatable bonds is 3. The van der Waals surface area contributed by atoms with Gasteiger partial charge in [-0.15, -0.1) is 0 Å². The van der Waals surface area contributed by atoms with Gasteiger partial charge in [0.05, 0.1) is 6.61 Å². The Morgan fingerprint density at radius 2 is 2.17 bits per heavy atom. The average molecular weight is 308 g/mol. The predicted molar refractivity (Wildman–Crippen MR) is 82.3 cm³/mol. The number of hydrogen-bond acceptors (Lipinski definition) is 6. The summed E-state index contributed by atoms with van der Waals surface area (Å²) in [7, 11) is 0. The molecule has 3 heterocycles. The molecular weight excluding hydrogens is 296 g/mol. The van der Waals surface area contributed by atoms with Gasteiger partial charge in [0.25, 0.3) is 0 Å². The smallest absolute Gasteiger partial charge is 0.234 e. The van der Waals surface area contributed by atoms with E-state index in [-0.39, 0.29) is 24.7 Å². The zero-order valence-corrected chi connectivity index (χ0v) is 12.0. The zero-order chi connectivity index (χ0) is 15.8. The van der Waals surface area contributed by atoms with Crippen molar-refractivity contribution in [3.8, 4) is 11.3 Å². The number of carbonyl (C=O) groups is 1. The fourth-order valence-electron chi connectivity index (χ4n) is 2.67. The van der Waals surface area contributed by atoms with Gasteiger partial charge in [0.1, 0.15) is 23.6 Å². The molecule has 0 saturated heterocycles. The van der Waals surface area contributed by atoms with Crippen molar-refractivity contribution in [2.75, 3.05) is 13.2 Å². The number of Topliss-reactive ketones (excluding diaryl/α,β-unsaturated/α-hetero) is 1. The summed E-state index contributed by atoms with van der Waals surface area (Å²) in [5.41, 5.74) is 3.27. The molecule has 4 rings (SSSR count). The molecule has 1 aliphatic rings. The Hall–Kier alpha value is -3.06. The van der Waals surface area contributed by atoms with Crippen LogP contribution in [0.4, 0.5) is 0 Å². The third-order valence-corrected chi connectivity index (χ3v) is 3.63. The molecule has 23 heavy (non-hydrogen) atoms. The van der Waals surface area contributed by atoms with Crippen LogP contribution in [-0.4, -0.2) is 44.2 Å². The van der Waals surface area contributed by atoms with Gasteiger partial charge in [-0.05, 0) is 18.2 Å². The molecule has 7 nitrogen and oxygen atoms in total. The molecule has 0 atom stereocenters. The average Bonchev–Trinajstić information content (AvgIpc) is 2.98. The van der Waals surface area contributed by atoms with Crippen LogP contribution in [0.1, 0.15) is 16.1 Å². The van der Waals surface area contributed by atoms with E-state index in [0.717, 1.165) is 5.56 Å². The number of ketones is 1. The molecule has 0 bridgehead atoms. The molecule has 1 N–H and O–H groups in total. The first-order valence-corrected chi connectivity index (χ1v) is 7.08. The monoisotopic (exact) mass is 308 g/mol. The Morgan fingerprint density at radius 3 is 3.04 bits per heavy atom. The lowest BCUT2D eigenvalue weighted by molar-refractivity contribution is 0.0938. The van der Waals surface area contributed by atoms with Gasteiger partial charge in [0.15, 0.2) is 5.71 Å². The van der Waals surface area contributed by atoms with Crippen LogP contribution in [0.15, 0.2) is 48.0 Å². The van der Waals surface area contributed by atoms with E-state index in [9.17, 15) is 4.79 Å². The van der Waals surface area contributed by atoms with Gasteiger partial charge in [-0.25, -0.2) is 4.98 Å². The fraction of sp³-hybridized carbons (Fsp3) is 0.125. The van der Waals surface area contributed by atoms with Gasteiger partial charge in [-0.2, -0.15) is 0 Å². The zero-order valence-electron chi connectivity index (χ0n) is 12.0. The van der Waals surface area contributed by atoms with Gasteiger partial charge in [0.2, 0.25) is 5.78 Å². The second-order valence-corrected chi connectivity index (χ2v) is 4.98. The van der Waals surface area contributed by atoms with Crippen molar-refractivity contribution >= 4 is 17.1 Å². The van der Waals surface area contributed by atoms with Crippen LogP contribution in [0.3, 0.4) is 0 Å². The molecule has 0 aliphatic heterocycles. The second kappa shape index (κ2) is 5.29. The molecule has 1 aliphatic carbocycles. The van der Waals surface area contributed by atoms with Crippen LogP contribution in [0.2, 0.25) is 0 Å². The number of nitrogens with zero attached hydrogens (tertiary/aromatic N) is 4. The molecule has 0 unspecified atom stereocenters. The lowest BCUT2D eigenvalue weighted by Crippen LogP contribution is -2.24. The van der Waals surface area contributed by atoms with Crippen molar-refractivity contribution in [2.45, 2.75) is 0 Å². The van der Waals surface area contributed by atoms with Gasteiger partial charge in [-0.3, -0.25) is 14.2 Å². The van der Waals surface area contributed by atoms with Crippen molar-refractivity contribution in [1.29, 1.82) is 0 Å². The van der Waals surface area contributed by atoms with Crippen molar-refractivity contribution in [3.05, 3.63) is 54.1 Å². The number of oxime groups is 1. The molecule has 0 radical (unpaired) electrons. The van der Waals surface area contributed by atoms with Crippen molar-refractivity contribution < 1.29 is 14.7 Å². The maximum absolute atomic E-state index is 12.9. The Labute approximate surface area is 130 Å². The summed E-state index contributed by atoms with van der Waals surface area (Å²) in [6.07, 6.45) is 5.01. The highest BCUT2D eigenvalue weighted by Gasteiger charge is 2.33. The second-order valence-electron chi connectivity index (χ2n) is 4.98. The number of aliphatic hydroxyl groups excluding tert-OH is 1. The summed E-state index contributed by atoms with van der Waals surface area (Å²) in [6, 6.07) is 7.34. The molecule has 0 aromatic carbocycles. The van der Waals surface area contributed by atoms with Crippen molar-refractivity contribution in [3.63, 3.8) is 0 Å². The van der Waals surface area contributed by atoms with Gasteiger partial charge < -0.3 is 9.94 Å². The van der Waals surface area contributed by atoms with Gasteiger partial charge in [-0.1, -0.05) is 11.2 Å². The number of hydrogen-bond donors (Lipinski definition) is 1. The van der Waals surface area contributed by atoms with E-state index in [1.54, 1.807) is 29.1 Å². The van der Waals surface area contributed by atoms with Crippen molar-refractivity contribution in [1.82, 2.24) is 14.4 Å². The maximum Gasteiger partial charge on any atom is 0.234 e. The Kier molecular flexibility index (Phi) is 3.13. The summed E-state index contributed by atoms with van der Waals surface area (Å²) >= 11 is 0. The summed E-state index contributed by atoms with van der Waals surface area (Å²) in [4.78, 5) is 26.5. The highest BCUT2D eigenvalue weighted by Crippen LogP contribution is 2.33. The predicted octanol–water partition coefficient (Wildman–Crippen LogP) is 1.31. The number of aliphatic hydroxyl groups is 1. The minimum absolute atomic E-state index is 0.0202. The minimum atomic E-state index is -0.280. The van der Waals surface area contributed by atoms with Crippen LogP contribution in [-0.2, 0) is 4.84 Å². The summed E-state index contributed by atoms with van der Waals surface area (Å²) in [6.45, 7) is -0.155. The number of aromatic nitrogens is 3. The topological polar surface area (TPSA) is 89.1 Å². The molecular formula is C16H12N4O3. The Morgan fingerprint density at radius 1 is 1.26 bits per heavy atom. The van der Waals surface area contributed by atoms with Crippen LogP contribution < -0.4 is 0 Å². The third kappa shape index (κ3) is 2.01. The summed E-state index contributed by atoms with van der Waals surface area (Å²) in [5, 5.41) is 12.7. The summed E-state index contributed by atoms with van der Waals surface area (Å²) in [5.74, 6) is -0.280. The number of pyridine rings is 2. The molecule has 3 aromatic heterocycles. The van der Waals surface area contributed by atoms with Crippen molar-refractivity contribution in [2.24, 2.45) is 5.16 Å². The normalized spacial score (nSPS) is 14.8. The van der Waals surface area contributed by atoms with E-state index in [1.165, 1.54) is 0 Å². The fourth-order valence-corrected chi connectivity index (χ4v) is 2.67. The van der Waals surface area contributed by atoms with Crippen LogP contribution >= 0.6 is 0 Å². The highest BCUT2D eigenvalue weighted by atomic mass is 16.6. The van der Waals surface area contributed by atoms with Crippen LogP contribution in [0.25, 0.3) is 16.9 Å². The molecule has 114 valence electrons. The minimum Gasteiger partial charge on any atom is -0.393 e. The standard InChI is InChI=1S/C16H12N4O3/c21-7-8-23-19-14-11-9-17-5-4-10(11)13-15(16(14)22)20-6-2-1-3-12(20)18-13/h1-6,9,21H,7-8H2/b19-14-. The lowest BCUT2D eigenvalue weighted by Gasteiger charge is -2.15. The summed E-state index contributed by atoms with van der Waals surface area (Å²) < 4.78 is 1.74. The Bertz CT molecular complexity index is 945. The first kappa shape index (κ1) is 13.6. The molecule has 0 fully saturated rings. The molecule has 3 aromatic rings. The third-order valence-electron chi connectivity index (χ3n) is 3.63. The Balaban J connectivity index is 1.99. The van der Waals surface area contributed by atoms with Crippen LogP contribution in [0.5, 0.6) is 0 Å². The molecule has 0 amide bonds. The lowest BCUT2D eigenvalue weighted by atomic mass is 9.91.